The number of fused-ring (bicyclic) bond motifs is 2. The molecule has 5 rings (SSSR count). The number of aryl methyl sites for hydroxylation is 1. The van der Waals surface area contributed by atoms with Crippen LogP contribution in [-0.4, -0.2) is 39.8 Å². The van der Waals surface area contributed by atoms with Gasteiger partial charge in [0.25, 0.3) is 0 Å². The molecule has 3 heterocycles. The molecule has 0 bridgehead atoms. The molecule has 1 amide bonds. The van der Waals surface area contributed by atoms with Gasteiger partial charge in [-0.25, -0.2) is 4.79 Å². The zero-order valence-corrected chi connectivity index (χ0v) is 21.5. The average Bonchev–Trinajstić information content (AvgIpc) is 3.07. The van der Waals surface area contributed by atoms with Crippen molar-refractivity contribution in [3.8, 4) is 17.2 Å². The molecule has 0 atom stereocenters. The summed E-state index contributed by atoms with van der Waals surface area (Å²) in [6.07, 6.45) is 4.02. The second kappa shape index (κ2) is 8.05. The highest BCUT2D eigenvalue weighted by Crippen LogP contribution is 2.42. The Kier molecular flexibility index (Phi) is 5.36. The fraction of sp³-hybridized carbons (Fsp3) is 0.448. The maximum absolute atomic E-state index is 12.5. The fourth-order valence-electron chi connectivity index (χ4n) is 5.23. The van der Waals surface area contributed by atoms with Crippen LogP contribution in [0.2, 0.25) is 0 Å². The molecule has 6 heteroatoms. The van der Waals surface area contributed by atoms with E-state index in [1.807, 2.05) is 33.8 Å². The van der Waals surface area contributed by atoms with Crippen molar-refractivity contribution >= 4 is 22.7 Å². The fourth-order valence-corrected chi connectivity index (χ4v) is 5.23. The van der Waals surface area contributed by atoms with Gasteiger partial charge in [-0.1, -0.05) is 12.1 Å². The van der Waals surface area contributed by atoms with Crippen molar-refractivity contribution in [2.24, 2.45) is 0 Å². The summed E-state index contributed by atoms with van der Waals surface area (Å²) in [5.41, 5.74) is 7.21. The van der Waals surface area contributed by atoms with Crippen LogP contribution < -0.4 is 5.32 Å². The summed E-state index contributed by atoms with van der Waals surface area (Å²) in [7, 11) is 0. The van der Waals surface area contributed by atoms with Crippen LogP contribution in [0.1, 0.15) is 63.8 Å². The van der Waals surface area contributed by atoms with E-state index in [0.29, 0.717) is 18.7 Å². The van der Waals surface area contributed by atoms with E-state index in [-0.39, 0.29) is 17.7 Å². The summed E-state index contributed by atoms with van der Waals surface area (Å²) in [5, 5.41) is 14.5. The van der Waals surface area contributed by atoms with Gasteiger partial charge >= 0.3 is 6.09 Å². The maximum Gasteiger partial charge on any atom is 0.410 e. The number of nitrogens with one attached hydrogen (secondary N) is 1. The number of rotatable bonds is 2. The number of hydrogen-bond donors (Lipinski definition) is 1. The minimum absolute atomic E-state index is 0.0712. The molecule has 2 aliphatic heterocycles. The van der Waals surface area contributed by atoms with Gasteiger partial charge in [-0.2, -0.15) is 5.26 Å². The predicted octanol–water partition coefficient (Wildman–Crippen LogP) is 6.42. The van der Waals surface area contributed by atoms with Crippen LogP contribution in [0, 0.1) is 18.3 Å². The number of nitriles is 1. The second-order valence-electron chi connectivity index (χ2n) is 11.6. The SMILES string of the molecule is Cc1cc2c(cc1C#N)c(-c1cccc3c1CCC(C)(C)N3)cn2C1CN(C(=O)OC(C)(C)C)C1. The lowest BCUT2D eigenvalue weighted by molar-refractivity contribution is 0.00158. The number of likely N-dealkylation sites (tertiary alicyclic amines) is 1. The van der Waals surface area contributed by atoms with E-state index in [2.05, 4.69) is 60.3 Å². The molecule has 0 unspecified atom stereocenters. The zero-order chi connectivity index (χ0) is 25.1. The first-order chi connectivity index (χ1) is 16.5. The molecule has 1 saturated heterocycles. The number of amides is 1. The van der Waals surface area contributed by atoms with E-state index in [1.54, 1.807) is 4.90 Å². The number of hydrogen-bond acceptors (Lipinski definition) is 4. The van der Waals surface area contributed by atoms with Crippen LogP contribution in [0.4, 0.5) is 10.5 Å². The molecule has 1 N–H and O–H groups in total. The highest BCUT2D eigenvalue weighted by Gasteiger charge is 2.36. The molecular weight excluding hydrogens is 436 g/mol. The van der Waals surface area contributed by atoms with Crippen LogP contribution in [-0.2, 0) is 11.2 Å². The van der Waals surface area contributed by atoms with Crippen molar-refractivity contribution in [3.05, 3.63) is 53.2 Å². The Balaban J connectivity index is 1.56. The number of carbonyl (C=O) groups is 1. The Morgan fingerprint density at radius 2 is 1.94 bits per heavy atom. The number of aromatic nitrogens is 1. The van der Waals surface area contributed by atoms with Crippen LogP contribution in [0.5, 0.6) is 0 Å². The molecular formula is C29H34N4O2. The van der Waals surface area contributed by atoms with Crippen LogP contribution in [0.3, 0.4) is 0 Å². The molecule has 0 spiro atoms. The van der Waals surface area contributed by atoms with Crippen molar-refractivity contribution < 1.29 is 9.53 Å². The van der Waals surface area contributed by atoms with Gasteiger partial charge in [-0.3, -0.25) is 0 Å². The van der Waals surface area contributed by atoms with Gasteiger partial charge in [0, 0.05) is 47.0 Å². The van der Waals surface area contributed by atoms with Gasteiger partial charge in [-0.15, -0.1) is 0 Å². The number of carbonyl (C=O) groups excluding carboxylic acids is 1. The van der Waals surface area contributed by atoms with Crippen LogP contribution in [0.25, 0.3) is 22.0 Å². The third kappa shape index (κ3) is 4.25. The molecule has 1 aromatic heterocycles. The van der Waals surface area contributed by atoms with Gasteiger partial charge in [-0.05, 0) is 89.3 Å². The molecule has 3 aromatic rings. The predicted molar refractivity (Wildman–Crippen MR) is 140 cm³/mol. The Hall–Kier alpha value is -3.46. The summed E-state index contributed by atoms with van der Waals surface area (Å²) < 4.78 is 7.84. The Morgan fingerprint density at radius 3 is 2.63 bits per heavy atom. The normalized spacial score (nSPS) is 17.3. The smallest absolute Gasteiger partial charge is 0.410 e. The zero-order valence-electron chi connectivity index (χ0n) is 21.5. The lowest BCUT2D eigenvalue weighted by atomic mass is 9.85. The third-order valence-corrected chi connectivity index (χ3v) is 7.15. The van der Waals surface area contributed by atoms with Gasteiger partial charge in [0.05, 0.1) is 17.7 Å². The minimum atomic E-state index is -0.505. The Labute approximate surface area is 207 Å². The highest BCUT2D eigenvalue weighted by atomic mass is 16.6. The monoisotopic (exact) mass is 470 g/mol. The van der Waals surface area contributed by atoms with Crippen LogP contribution >= 0.6 is 0 Å². The highest BCUT2D eigenvalue weighted by molar-refractivity contribution is 5.99. The first kappa shape index (κ1) is 23.3. The van der Waals surface area contributed by atoms with Gasteiger partial charge in [0.2, 0.25) is 0 Å². The molecule has 35 heavy (non-hydrogen) atoms. The third-order valence-electron chi connectivity index (χ3n) is 7.15. The standard InChI is InChI=1S/C29H34N4O2/c1-18-12-26-23(13-19(18)14-30)24(21-8-7-9-25-22(21)10-11-29(5,6)31-25)17-33(26)20-15-32(16-20)27(34)35-28(2,3)4/h7-9,12-13,17,20,31H,10-11,15-16H2,1-6H3. The Morgan fingerprint density at radius 1 is 1.20 bits per heavy atom. The number of benzene rings is 2. The number of nitrogens with zero attached hydrogens (tertiary/aromatic N) is 3. The van der Waals surface area contributed by atoms with Gasteiger partial charge in [0.15, 0.2) is 0 Å². The van der Waals surface area contributed by atoms with E-state index >= 15 is 0 Å². The van der Waals surface area contributed by atoms with Crippen LogP contribution in [0.15, 0.2) is 36.5 Å². The number of anilines is 1. The van der Waals surface area contributed by atoms with E-state index in [0.717, 1.165) is 34.9 Å². The maximum atomic E-state index is 12.5. The van der Waals surface area contributed by atoms with Crippen molar-refractivity contribution in [1.29, 1.82) is 5.26 Å². The lowest BCUT2D eigenvalue weighted by Crippen LogP contribution is -2.52. The van der Waals surface area contributed by atoms with E-state index in [1.165, 1.54) is 16.8 Å². The minimum Gasteiger partial charge on any atom is -0.444 e. The first-order valence-corrected chi connectivity index (χ1v) is 12.4. The Bertz CT molecular complexity index is 1360. The topological polar surface area (TPSA) is 70.3 Å². The molecule has 0 radical (unpaired) electrons. The average molecular weight is 471 g/mol. The van der Waals surface area contributed by atoms with E-state index in [4.69, 9.17) is 4.74 Å². The summed E-state index contributed by atoms with van der Waals surface area (Å²) in [6, 6.07) is 13.1. The second-order valence-corrected chi connectivity index (χ2v) is 11.6. The largest absolute Gasteiger partial charge is 0.444 e. The van der Waals surface area contributed by atoms with E-state index < -0.39 is 5.60 Å². The summed E-state index contributed by atoms with van der Waals surface area (Å²) in [4.78, 5) is 14.3. The summed E-state index contributed by atoms with van der Waals surface area (Å²) >= 11 is 0. The van der Waals surface area contributed by atoms with Gasteiger partial charge < -0.3 is 19.5 Å². The summed E-state index contributed by atoms with van der Waals surface area (Å²) in [5.74, 6) is 0. The van der Waals surface area contributed by atoms with E-state index in [9.17, 15) is 10.1 Å². The number of ether oxygens (including phenoxy) is 1. The van der Waals surface area contributed by atoms with Crippen molar-refractivity contribution in [1.82, 2.24) is 9.47 Å². The summed E-state index contributed by atoms with van der Waals surface area (Å²) in [6.45, 7) is 13.4. The van der Waals surface area contributed by atoms with Crippen molar-refractivity contribution in [2.45, 2.75) is 71.6 Å². The first-order valence-electron chi connectivity index (χ1n) is 12.4. The van der Waals surface area contributed by atoms with Gasteiger partial charge in [0.1, 0.15) is 5.60 Å². The quantitative estimate of drug-likeness (QED) is 0.469. The molecule has 0 aliphatic carbocycles. The molecule has 1 fully saturated rings. The van der Waals surface area contributed by atoms with Crippen molar-refractivity contribution in [2.75, 3.05) is 18.4 Å². The molecule has 6 nitrogen and oxygen atoms in total. The molecule has 182 valence electrons. The molecule has 2 aromatic carbocycles. The lowest BCUT2D eigenvalue weighted by Gasteiger charge is -2.40. The van der Waals surface area contributed by atoms with Crippen molar-refractivity contribution in [3.63, 3.8) is 0 Å². The molecule has 2 aliphatic rings. The molecule has 0 saturated carbocycles.